The molecule has 5 nitrogen and oxygen atoms in total. The molecule has 1 fully saturated rings. The van der Waals surface area contributed by atoms with E-state index in [-0.39, 0.29) is 5.91 Å². The Morgan fingerprint density at radius 1 is 1.42 bits per heavy atom. The van der Waals surface area contributed by atoms with Gasteiger partial charge in [-0.3, -0.25) is 4.79 Å². The van der Waals surface area contributed by atoms with Crippen LogP contribution in [-0.4, -0.2) is 34.4 Å². The van der Waals surface area contributed by atoms with Gasteiger partial charge in [-0.1, -0.05) is 42.9 Å². The molecule has 1 amide bonds. The van der Waals surface area contributed by atoms with Crippen LogP contribution in [0.4, 0.5) is 5.13 Å². The molecule has 1 heterocycles. The number of nitrogens with zero attached hydrogens (tertiary/aromatic N) is 2. The summed E-state index contributed by atoms with van der Waals surface area (Å²) < 4.78 is 0.854. The molecule has 0 saturated heterocycles. The molecule has 0 aliphatic heterocycles. The predicted molar refractivity (Wildman–Crippen MR) is 79.8 cm³/mol. The van der Waals surface area contributed by atoms with E-state index in [9.17, 15) is 4.79 Å². The molecular formula is C12H20N4OS2. The Labute approximate surface area is 122 Å². The van der Waals surface area contributed by atoms with E-state index < -0.39 is 0 Å². The zero-order valence-corrected chi connectivity index (χ0v) is 12.8. The van der Waals surface area contributed by atoms with Crippen molar-refractivity contribution in [1.82, 2.24) is 15.5 Å². The molecule has 1 aromatic rings. The number of thioether (sulfide) groups is 1. The van der Waals surface area contributed by atoms with E-state index in [1.807, 2.05) is 0 Å². The fraction of sp³-hybridized carbons (Fsp3) is 0.750. The van der Waals surface area contributed by atoms with Crippen LogP contribution in [0.15, 0.2) is 4.34 Å². The smallest absolute Gasteiger partial charge is 0.230 e. The first-order valence-corrected chi connectivity index (χ1v) is 8.57. The second-order valence-electron chi connectivity index (χ2n) is 4.64. The van der Waals surface area contributed by atoms with Crippen LogP contribution in [0.3, 0.4) is 0 Å². The Bertz CT molecular complexity index is 406. The van der Waals surface area contributed by atoms with Gasteiger partial charge in [0, 0.05) is 12.6 Å². The van der Waals surface area contributed by atoms with Crippen LogP contribution < -0.4 is 10.6 Å². The van der Waals surface area contributed by atoms with E-state index in [0.717, 1.165) is 22.4 Å². The maximum Gasteiger partial charge on any atom is 0.230 e. The molecule has 0 atom stereocenters. The monoisotopic (exact) mass is 300 g/mol. The minimum atomic E-state index is 0.0769. The van der Waals surface area contributed by atoms with Crippen LogP contribution in [0, 0.1) is 0 Å². The first-order chi connectivity index (χ1) is 9.28. The van der Waals surface area contributed by atoms with Crippen LogP contribution in [0.5, 0.6) is 0 Å². The standard InChI is InChI=1S/C12H20N4OS2/c1-2-3-4-7-13-10(17)8-18-12-16-15-11(19-12)14-9-5-6-9/h9H,2-8H2,1H3,(H,13,17)(H,14,15). The molecule has 7 heteroatoms. The van der Waals surface area contributed by atoms with Crippen molar-refractivity contribution < 1.29 is 4.79 Å². The summed E-state index contributed by atoms with van der Waals surface area (Å²) in [6, 6.07) is 0.590. The SMILES string of the molecule is CCCCCNC(=O)CSc1nnc(NC2CC2)s1. The average molecular weight is 300 g/mol. The quantitative estimate of drug-likeness (QED) is 0.542. The van der Waals surface area contributed by atoms with Crippen molar-refractivity contribution in [3.05, 3.63) is 0 Å². The van der Waals surface area contributed by atoms with Gasteiger partial charge in [0.05, 0.1) is 5.75 Å². The molecule has 0 aromatic carbocycles. The second kappa shape index (κ2) is 7.69. The van der Waals surface area contributed by atoms with Crippen LogP contribution in [0.2, 0.25) is 0 Å². The molecule has 0 spiro atoms. The molecule has 1 aliphatic carbocycles. The topological polar surface area (TPSA) is 66.9 Å². The van der Waals surface area contributed by atoms with E-state index in [4.69, 9.17) is 0 Å². The maximum atomic E-state index is 11.6. The predicted octanol–water partition coefficient (Wildman–Crippen LogP) is 2.51. The van der Waals surface area contributed by atoms with Crippen LogP contribution in [-0.2, 0) is 4.79 Å². The Balaban J connectivity index is 1.60. The van der Waals surface area contributed by atoms with Crippen molar-refractivity contribution in [3.63, 3.8) is 0 Å². The van der Waals surface area contributed by atoms with Crippen molar-refractivity contribution in [3.8, 4) is 0 Å². The molecule has 1 aromatic heterocycles. The molecule has 1 aliphatic rings. The van der Waals surface area contributed by atoms with Gasteiger partial charge in [-0.15, -0.1) is 10.2 Å². The van der Waals surface area contributed by atoms with Crippen molar-refractivity contribution in [2.75, 3.05) is 17.6 Å². The first-order valence-electron chi connectivity index (χ1n) is 6.77. The Hall–Kier alpha value is -0.820. The van der Waals surface area contributed by atoms with Crippen LogP contribution in [0.25, 0.3) is 0 Å². The van der Waals surface area contributed by atoms with Crippen molar-refractivity contribution >= 4 is 34.1 Å². The van der Waals surface area contributed by atoms with E-state index in [1.165, 1.54) is 48.8 Å². The van der Waals surface area contributed by atoms with Crippen molar-refractivity contribution in [2.45, 2.75) is 49.4 Å². The number of unbranched alkanes of at least 4 members (excludes halogenated alkanes) is 2. The highest BCUT2D eigenvalue weighted by Crippen LogP contribution is 2.29. The summed E-state index contributed by atoms with van der Waals surface area (Å²) in [5.41, 5.74) is 0. The third-order valence-electron chi connectivity index (χ3n) is 2.74. The van der Waals surface area contributed by atoms with E-state index in [1.54, 1.807) is 0 Å². The summed E-state index contributed by atoms with van der Waals surface area (Å²) in [7, 11) is 0. The summed E-state index contributed by atoms with van der Waals surface area (Å²) in [4.78, 5) is 11.6. The minimum absolute atomic E-state index is 0.0769. The molecule has 2 rings (SSSR count). The number of aromatic nitrogens is 2. The molecule has 19 heavy (non-hydrogen) atoms. The van der Waals surface area contributed by atoms with E-state index >= 15 is 0 Å². The van der Waals surface area contributed by atoms with Gasteiger partial charge in [0.15, 0.2) is 4.34 Å². The fourth-order valence-corrected chi connectivity index (χ4v) is 3.17. The van der Waals surface area contributed by atoms with Gasteiger partial charge in [0.25, 0.3) is 0 Å². The minimum Gasteiger partial charge on any atom is -0.357 e. The highest BCUT2D eigenvalue weighted by atomic mass is 32.2. The van der Waals surface area contributed by atoms with Gasteiger partial charge in [-0.05, 0) is 19.3 Å². The number of hydrogen-bond acceptors (Lipinski definition) is 6. The highest BCUT2D eigenvalue weighted by Gasteiger charge is 2.22. The largest absolute Gasteiger partial charge is 0.357 e. The lowest BCUT2D eigenvalue weighted by atomic mass is 10.2. The lowest BCUT2D eigenvalue weighted by molar-refractivity contribution is -0.118. The molecular weight excluding hydrogens is 280 g/mol. The number of carbonyl (C=O) groups excluding carboxylic acids is 1. The molecule has 0 unspecified atom stereocenters. The summed E-state index contributed by atoms with van der Waals surface area (Å²) in [6.45, 7) is 2.93. The van der Waals surface area contributed by atoms with Gasteiger partial charge in [-0.25, -0.2) is 0 Å². The lowest BCUT2D eigenvalue weighted by Gasteiger charge is -2.02. The van der Waals surface area contributed by atoms with Crippen LogP contribution in [0.1, 0.15) is 39.0 Å². The average Bonchev–Trinajstić information content (AvgIpc) is 3.10. The third-order valence-corrected chi connectivity index (χ3v) is 4.73. The Kier molecular flexibility index (Phi) is 5.91. The van der Waals surface area contributed by atoms with Crippen molar-refractivity contribution in [2.24, 2.45) is 0 Å². The maximum absolute atomic E-state index is 11.6. The fourth-order valence-electron chi connectivity index (χ4n) is 1.51. The van der Waals surface area contributed by atoms with E-state index in [2.05, 4.69) is 27.8 Å². The zero-order chi connectivity index (χ0) is 13.5. The normalized spacial score (nSPS) is 14.4. The van der Waals surface area contributed by atoms with Gasteiger partial charge >= 0.3 is 0 Å². The molecule has 1 saturated carbocycles. The van der Waals surface area contributed by atoms with Gasteiger partial charge < -0.3 is 10.6 Å². The number of amides is 1. The number of anilines is 1. The molecule has 2 N–H and O–H groups in total. The second-order valence-corrected chi connectivity index (χ2v) is 6.84. The van der Waals surface area contributed by atoms with Crippen LogP contribution >= 0.6 is 23.1 Å². The van der Waals surface area contributed by atoms with Crippen molar-refractivity contribution in [1.29, 1.82) is 0 Å². The lowest BCUT2D eigenvalue weighted by Crippen LogP contribution is -2.26. The highest BCUT2D eigenvalue weighted by molar-refractivity contribution is 8.01. The number of hydrogen-bond donors (Lipinski definition) is 2. The summed E-state index contributed by atoms with van der Waals surface area (Å²) in [6.07, 6.45) is 5.85. The first kappa shape index (κ1) is 14.6. The third kappa shape index (κ3) is 5.78. The number of nitrogens with one attached hydrogen (secondary N) is 2. The molecule has 0 radical (unpaired) electrons. The summed E-state index contributed by atoms with van der Waals surface area (Å²) >= 11 is 2.98. The summed E-state index contributed by atoms with van der Waals surface area (Å²) in [5.74, 6) is 0.498. The van der Waals surface area contributed by atoms with Gasteiger partial charge in [-0.2, -0.15) is 0 Å². The zero-order valence-electron chi connectivity index (χ0n) is 11.1. The summed E-state index contributed by atoms with van der Waals surface area (Å²) in [5, 5.41) is 15.2. The number of rotatable bonds is 9. The van der Waals surface area contributed by atoms with Gasteiger partial charge in [0.2, 0.25) is 11.0 Å². The Morgan fingerprint density at radius 2 is 2.26 bits per heavy atom. The molecule has 0 bridgehead atoms. The Morgan fingerprint density at radius 3 is 3.00 bits per heavy atom. The van der Waals surface area contributed by atoms with Gasteiger partial charge in [0.1, 0.15) is 0 Å². The molecule has 106 valence electrons. The number of carbonyl (C=O) groups is 1. The van der Waals surface area contributed by atoms with E-state index in [0.29, 0.717) is 11.8 Å².